The van der Waals surface area contributed by atoms with Gasteiger partial charge >= 0.3 is 6.09 Å². The number of carbonyl (C=O) groups is 1. The molecular weight excluding hydrogens is 340 g/mol. The largest absolute Gasteiger partial charge is 0.449 e. The third-order valence-electron chi connectivity index (χ3n) is 4.39. The Hall–Kier alpha value is -2.05. The second-order valence-corrected chi connectivity index (χ2v) is 6.54. The maximum Gasteiger partial charge on any atom is 0.424 e. The van der Waals surface area contributed by atoms with Crippen molar-refractivity contribution in [2.45, 2.75) is 33.2 Å². The van der Waals surface area contributed by atoms with Crippen molar-refractivity contribution in [3.05, 3.63) is 40.5 Å². The first-order valence-corrected chi connectivity index (χ1v) is 8.97. The quantitative estimate of drug-likeness (QED) is 0.892. The Morgan fingerprint density at radius 2 is 2.00 bits per heavy atom. The zero-order valence-electron chi connectivity index (χ0n) is 14.6. The van der Waals surface area contributed by atoms with E-state index in [1.807, 2.05) is 38.1 Å². The summed E-state index contributed by atoms with van der Waals surface area (Å²) in [4.78, 5) is 12.2. The van der Waals surface area contributed by atoms with Gasteiger partial charge in [-0.05, 0) is 38.8 Å². The fourth-order valence-electron chi connectivity index (χ4n) is 3.06. The number of H-pyrrole nitrogens is 1. The van der Waals surface area contributed by atoms with E-state index in [0.717, 1.165) is 41.9 Å². The summed E-state index contributed by atoms with van der Waals surface area (Å²) in [5.41, 5.74) is 3.98. The first kappa shape index (κ1) is 17.8. The molecule has 1 N–H and O–H groups in total. The van der Waals surface area contributed by atoms with Gasteiger partial charge in [0.1, 0.15) is 0 Å². The number of halogens is 1. The Balaban J connectivity index is 1.85. The Labute approximate surface area is 152 Å². The van der Waals surface area contributed by atoms with Crippen molar-refractivity contribution < 1.29 is 9.53 Å². The molecule has 0 atom stereocenters. The van der Waals surface area contributed by atoms with Gasteiger partial charge in [0.2, 0.25) is 0 Å². The zero-order valence-corrected chi connectivity index (χ0v) is 15.3. The second-order valence-electron chi connectivity index (χ2n) is 6.10. The number of aromatic nitrogens is 2. The molecule has 1 aromatic carbocycles. The molecule has 1 fully saturated rings. The molecule has 0 aliphatic carbocycles. The predicted octanol–water partition coefficient (Wildman–Crippen LogP) is 4.01. The molecule has 0 unspecified atom stereocenters. The van der Waals surface area contributed by atoms with Crippen LogP contribution >= 0.6 is 11.6 Å². The number of nitrogens with one attached hydrogen (secondary N) is 1. The van der Waals surface area contributed by atoms with E-state index in [2.05, 4.69) is 15.2 Å². The number of hydrogen-bond donors (Lipinski definition) is 1. The lowest BCUT2D eigenvalue weighted by Gasteiger charge is -2.37. The molecule has 2 aromatic rings. The fraction of sp³-hybridized carbons (Fsp3) is 0.444. The molecule has 2 heterocycles. The second kappa shape index (κ2) is 7.89. The summed E-state index contributed by atoms with van der Waals surface area (Å²) < 4.78 is 5.20. The SMILES string of the molecule is CCOC(=O)N1CCCCN1Cc1c(-c2ccc(Cl)cc2)n[nH]c1C. The lowest BCUT2D eigenvalue weighted by molar-refractivity contribution is -0.0474. The molecule has 6 nitrogen and oxygen atoms in total. The van der Waals surface area contributed by atoms with E-state index in [-0.39, 0.29) is 6.09 Å². The molecule has 3 rings (SSSR count). The molecule has 1 aliphatic heterocycles. The molecule has 1 amide bonds. The van der Waals surface area contributed by atoms with E-state index in [0.29, 0.717) is 24.7 Å². The van der Waals surface area contributed by atoms with Crippen molar-refractivity contribution in [3.63, 3.8) is 0 Å². The van der Waals surface area contributed by atoms with Crippen molar-refractivity contribution in [1.82, 2.24) is 20.2 Å². The number of benzene rings is 1. The summed E-state index contributed by atoms with van der Waals surface area (Å²) in [5, 5.41) is 12.0. The standard InChI is InChI=1S/C18H23ClN4O2/c1-3-25-18(24)23-11-5-4-10-22(23)12-16-13(2)20-21-17(16)14-6-8-15(19)9-7-14/h6-9H,3-5,10-12H2,1-2H3,(H,20,21). The van der Waals surface area contributed by atoms with E-state index in [4.69, 9.17) is 16.3 Å². The van der Waals surface area contributed by atoms with Crippen LogP contribution in [0.3, 0.4) is 0 Å². The van der Waals surface area contributed by atoms with Crippen LogP contribution in [0.4, 0.5) is 4.79 Å². The van der Waals surface area contributed by atoms with E-state index >= 15 is 0 Å². The summed E-state index contributed by atoms with van der Waals surface area (Å²) in [7, 11) is 0. The minimum atomic E-state index is -0.281. The van der Waals surface area contributed by atoms with Gasteiger partial charge in [-0.2, -0.15) is 5.10 Å². The summed E-state index contributed by atoms with van der Waals surface area (Å²) in [6.45, 7) is 6.32. The highest BCUT2D eigenvalue weighted by Crippen LogP contribution is 2.27. The van der Waals surface area contributed by atoms with E-state index in [9.17, 15) is 4.79 Å². The molecule has 0 bridgehead atoms. The molecule has 134 valence electrons. The third kappa shape index (κ3) is 3.96. The maximum atomic E-state index is 12.2. The Morgan fingerprint density at radius 3 is 2.72 bits per heavy atom. The van der Waals surface area contributed by atoms with Crippen molar-refractivity contribution >= 4 is 17.7 Å². The number of ether oxygens (including phenoxy) is 1. The number of aromatic amines is 1. The summed E-state index contributed by atoms with van der Waals surface area (Å²) in [5.74, 6) is 0. The Morgan fingerprint density at radius 1 is 1.28 bits per heavy atom. The first-order valence-electron chi connectivity index (χ1n) is 8.59. The minimum absolute atomic E-state index is 0.281. The average molecular weight is 363 g/mol. The van der Waals surface area contributed by atoms with Gasteiger partial charge in [-0.25, -0.2) is 14.8 Å². The van der Waals surface area contributed by atoms with Crippen LogP contribution in [-0.4, -0.2) is 46.0 Å². The summed E-state index contributed by atoms with van der Waals surface area (Å²) in [6, 6.07) is 7.63. The van der Waals surface area contributed by atoms with E-state index < -0.39 is 0 Å². The Bertz CT molecular complexity index is 729. The van der Waals surface area contributed by atoms with Crippen molar-refractivity contribution in [3.8, 4) is 11.3 Å². The van der Waals surface area contributed by atoms with E-state index in [1.54, 1.807) is 5.01 Å². The molecule has 1 saturated heterocycles. The molecule has 25 heavy (non-hydrogen) atoms. The topological polar surface area (TPSA) is 61.5 Å². The fourth-order valence-corrected chi connectivity index (χ4v) is 3.19. The van der Waals surface area contributed by atoms with Gasteiger partial charge in [0, 0.05) is 41.5 Å². The average Bonchev–Trinajstić information content (AvgIpc) is 2.97. The molecular formula is C18H23ClN4O2. The van der Waals surface area contributed by atoms with Crippen molar-refractivity contribution in [2.75, 3.05) is 19.7 Å². The minimum Gasteiger partial charge on any atom is -0.449 e. The summed E-state index contributed by atoms with van der Waals surface area (Å²) >= 11 is 5.99. The van der Waals surface area contributed by atoms with Gasteiger partial charge < -0.3 is 4.74 Å². The van der Waals surface area contributed by atoms with Gasteiger partial charge in [-0.3, -0.25) is 5.10 Å². The maximum absolute atomic E-state index is 12.2. The highest BCUT2D eigenvalue weighted by atomic mass is 35.5. The van der Waals surface area contributed by atoms with Crippen LogP contribution in [0.25, 0.3) is 11.3 Å². The first-order chi connectivity index (χ1) is 12.1. The molecule has 0 spiro atoms. The van der Waals surface area contributed by atoms with Gasteiger partial charge in [0.25, 0.3) is 0 Å². The van der Waals surface area contributed by atoms with Crippen LogP contribution < -0.4 is 0 Å². The number of nitrogens with zero attached hydrogens (tertiary/aromatic N) is 3. The molecule has 0 radical (unpaired) electrons. The van der Waals surface area contributed by atoms with Crippen LogP contribution in [-0.2, 0) is 11.3 Å². The number of hydrazine groups is 1. The smallest absolute Gasteiger partial charge is 0.424 e. The highest BCUT2D eigenvalue weighted by molar-refractivity contribution is 6.30. The van der Waals surface area contributed by atoms with E-state index in [1.165, 1.54) is 0 Å². The lowest BCUT2D eigenvalue weighted by Crippen LogP contribution is -2.50. The highest BCUT2D eigenvalue weighted by Gasteiger charge is 2.27. The van der Waals surface area contributed by atoms with Gasteiger partial charge in [-0.1, -0.05) is 23.7 Å². The van der Waals surface area contributed by atoms with Crippen LogP contribution in [0.15, 0.2) is 24.3 Å². The lowest BCUT2D eigenvalue weighted by atomic mass is 10.1. The van der Waals surface area contributed by atoms with Crippen LogP contribution in [0.5, 0.6) is 0 Å². The van der Waals surface area contributed by atoms with Crippen molar-refractivity contribution in [2.24, 2.45) is 0 Å². The predicted molar refractivity (Wildman–Crippen MR) is 97.1 cm³/mol. The molecule has 1 aliphatic rings. The van der Waals surface area contributed by atoms with Gasteiger partial charge in [-0.15, -0.1) is 0 Å². The monoisotopic (exact) mass is 362 g/mol. The van der Waals surface area contributed by atoms with Crippen LogP contribution in [0.2, 0.25) is 5.02 Å². The van der Waals surface area contributed by atoms with Gasteiger partial charge in [0.15, 0.2) is 0 Å². The third-order valence-corrected chi connectivity index (χ3v) is 4.64. The zero-order chi connectivity index (χ0) is 17.8. The van der Waals surface area contributed by atoms with Crippen molar-refractivity contribution in [1.29, 1.82) is 0 Å². The molecule has 0 saturated carbocycles. The number of amides is 1. The number of aryl methyl sites for hydroxylation is 1. The molecule has 7 heteroatoms. The van der Waals surface area contributed by atoms with Crippen LogP contribution in [0, 0.1) is 6.92 Å². The number of hydrogen-bond acceptors (Lipinski definition) is 4. The van der Waals surface area contributed by atoms with Crippen LogP contribution in [0.1, 0.15) is 31.0 Å². The number of carbonyl (C=O) groups excluding carboxylic acids is 1. The molecule has 1 aromatic heterocycles. The van der Waals surface area contributed by atoms with Gasteiger partial charge in [0.05, 0.1) is 12.3 Å². The normalized spacial score (nSPS) is 15.4. The summed E-state index contributed by atoms with van der Waals surface area (Å²) in [6.07, 6.45) is 1.77. The number of rotatable bonds is 4. The Kier molecular flexibility index (Phi) is 5.60.